The van der Waals surface area contributed by atoms with Gasteiger partial charge in [0.2, 0.25) is 10.0 Å². The van der Waals surface area contributed by atoms with Crippen molar-refractivity contribution < 1.29 is 12.8 Å². The Hall–Kier alpha value is -2.52. The van der Waals surface area contributed by atoms with E-state index in [2.05, 4.69) is 14.8 Å². The number of sulfonamides is 1. The van der Waals surface area contributed by atoms with E-state index in [1.54, 1.807) is 19.9 Å². The summed E-state index contributed by atoms with van der Waals surface area (Å²) in [6, 6.07) is 6.86. The normalized spacial score (nSPS) is 13.3. The van der Waals surface area contributed by atoms with Crippen molar-refractivity contribution in [3.05, 3.63) is 64.0 Å². The van der Waals surface area contributed by atoms with Crippen LogP contribution in [0.1, 0.15) is 24.4 Å². The van der Waals surface area contributed by atoms with Gasteiger partial charge < -0.3 is 0 Å². The summed E-state index contributed by atoms with van der Waals surface area (Å²) in [4.78, 5) is 16.2. The van der Waals surface area contributed by atoms with Crippen LogP contribution in [0.15, 0.2) is 46.1 Å². The topological polar surface area (TPSA) is 96.3 Å². The first-order chi connectivity index (χ1) is 11.3. The molecule has 0 bridgehead atoms. The molecule has 9 heteroatoms. The zero-order chi connectivity index (χ0) is 17.5. The molecule has 0 saturated heterocycles. The fraction of sp³-hybridized carbons (Fsp3) is 0.200. The molecule has 2 heterocycles. The van der Waals surface area contributed by atoms with E-state index >= 15 is 0 Å². The molecule has 0 unspecified atom stereocenters. The van der Waals surface area contributed by atoms with Crippen molar-refractivity contribution in [1.29, 1.82) is 0 Å². The predicted molar refractivity (Wildman–Crippen MR) is 85.7 cm³/mol. The summed E-state index contributed by atoms with van der Waals surface area (Å²) in [5.41, 5.74) is 1.08. The van der Waals surface area contributed by atoms with E-state index in [1.807, 2.05) is 0 Å². The van der Waals surface area contributed by atoms with Crippen LogP contribution in [0, 0.1) is 12.7 Å². The van der Waals surface area contributed by atoms with Gasteiger partial charge in [-0.05, 0) is 32.0 Å². The number of nitrogens with one attached hydrogen (secondary N) is 2. The summed E-state index contributed by atoms with van der Waals surface area (Å²) >= 11 is 0. The first kappa shape index (κ1) is 16.3. The number of aromatic amines is 1. The highest BCUT2D eigenvalue weighted by Crippen LogP contribution is 2.16. The second-order valence-electron chi connectivity index (χ2n) is 5.45. The van der Waals surface area contributed by atoms with Crippen LogP contribution in [0.2, 0.25) is 0 Å². The molecule has 126 valence electrons. The molecule has 7 nitrogen and oxygen atoms in total. The lowest BCUT2D eigenvalue weighted by Gasteiger charge is -2.14. The lowest BCUT2D eigenvalue weighted by atomic mass is 10.2. The summed E-state index contributed by atoms with van der Waals surface area (Å²) in [6.07, 6.45) is 0. The Morgan fingerprint density at radius 2 is 2.04 bits per heavy atom. The van der Waals surface area contributed by atoms with Gasteiger partial charge in [0, 0.05) is 17.8 Å². The Labute approximate surface area is 137 Å². The van der Waals surface area contributed by atoms with Gasteiger partial charge in [-0.25, -0.2) is 27.0 Å². The highest BCUT2D eigenvalue weighted by Gasteiger charge is 2.20. The molecule has 1 atom stereocenters. The van der Waals surface area contributed by atoms with Crippen LogP contribution in [0.5, 0.6) is 0 Å². The standard InChI is InChI=1S/C15H15FN4O3S/c1-9-6-14-17-13(8-15(21)20(14)18-9)10(2)19-24(22,23)12-5-3-4-11(16)7-12/h3-8,10,18-19H,1-2H3/t10-/m1/s1. The summed E-state index contributed by atoms with van der Waals surface area (Å²) in [7, 11) is -3.94. The molecule has 3 rings (SSSR count). The average molecular weight is 350 g/mol. The van der Waals surface area contributed by atoms with Crippen LogP contribution in [0.25, 0.3) is 5.65 Å². The van der Waals surface area contributed by atoms with Crippen molar-refractivity contribution >= 4 is 15.7 Å². The maximum atomic E-state index is 13.2. The molecule has 0 saturated carbocycles. The van der Waals surface area contributed by atoms with Crippen molar-refractivity contribution in [3.63, 3.8) is 0 Å². The smallest absolute Gasteiger partial charge is 0.272 e. The lowest BCUT2D eigenvalue weighted by Crippen LogP contribution is -2.29. The number of aromatic nitrogens is 3. The molecule has 3 aromatic rings. The minimum absolute atomic E-state index is 0.190. The number of aryl methyl sites for hydroxylation is 1. The molecule has 0 fully saturated rings. The van der Waals surface area contributed by atoms with Gasteiger partial charge in [-0.15, -0.1) is 0 Å². The van der Waals surface area contributed by atoms with Crippen molar-refractivity contribution in [1.82, 2.24) is 19.3 Å². The fourth-order valence-corrected chi connectivity index (χ4v) is 3.59. The van der Waals surface area contributed by atoms with Gasteiger partial charge in [0.1, 0.15) is 5.82 Å². The number of hydrogen-bond acceptors (Lipinski definition) is 4. The predicted octanol–water partition coefficient (Wildman–Crippen LogP) is 1.51. The Bertz CT molecular complexity index is 1070. The largest absolute Gasteiger partial charge is 0.294 e. The Kier molecular flexibility index (Phi) is 3.98. The maximum Gasteiger partial charge on any atom is 0.272 e. The molecule has 0 aliphatic rings. The van der Waals surface area contributed by atoms with Crippen LogP contribution in [0.4, 0.5) is 4.39 Å². The minimum atomic E-state index is -3.94. The Morgan fingerprint density at radius 3 is 2.75 bits per heavy atom. The second kappa shape index (κ2) is 5.84. The van der Waals surface area contributed by atoms with Gasteiger partial charge in [-0.1, -0.05) is 6.07 Å². The van der Waals surface area contributed by atoms with Crippen LogP contribution in [0.3, 0.4) is 0 Å². The van der Waals surface area contributed by atoms with E-state index in [4.69, 9.17) is 0 Å². The van der Waals surface area contributed by atoms with Gasteiger partial charge in [0.15, 0.2) is 5.65 Å². The van der Waals surface area contributed by atoms with Gasteiger partial charge in [0.25, 0.3) is 5.56 Å². The third kappa shape index (κ3) is 3.08. The molecule has 0 aliphatic heterocycles. The van der Waals surface area contributed by atoms with E-state index in [9.17, 15) is 17.6 Å². The van der Waals surface area contributed by atoms with Gasteiger partial charge in [0.05, 0.1) is 16.6 Å². The van der Waals surface area contributed by atoms with E-state index in [-0.39, 0.29) is 16.1 Å². The van der Waals surface area contributed by atoms with E-state index < -0.39 is 21.9 Å². The SMILES string of the molecule is Cc1cc2nc([C@@H](C)NS(=O)(=O)c3cccc(F)c3)cc(=O)n2[nH]1. The van der Waals surface area contributed by atoms with Crippen molar-refractivity contribution in [2.45, 2.75) is 24.8 Å². The molecule has 24 heavy (non-hydrogen) atoms. The minimum Gasteiger partial charge on any atom is -0.294 e. The number of rotatable bonds is 4. The number of hydrogen-bond donors (Lipinski definition) is 2. The van der Waals surface area contributed by atoms with Gasteiger partial charge in [-0.2, -0.15) is 0 Å². The fourth-order valence-electron chi connectivity index (χ4n) is 2.35. The number of nitrogens with zero attached hydrogens (tertiary/aromatic N) is 2. The highest BCUT2D eigenvalue weighted by molar-refractivity contribution is 7.89. The zero-order valence-corrected chi connectivity index (χ0v) is 13.8. The molecular weight excluding hydrogens is 335 g/mol. The average Bonchev–Trinajstić information content (AvgIpc) is 2.88. The van der Waals surface area contributed by atoms with Crippen LogP contribution in [-0.2, 0) is 10.0 Å². The first-order valence-electron chi connectivity index (χ1n) is 7.13. The highest BCUT2D eigenvalue weighted by atomic mass is 32.2. The molecular formula is C15H15FN4O3S. The quantitative estimate of drug-likeness (QED) is 0.745. The van der Waals surface area contributed by atoms with Gasteiger partial charge in [-0.3, -0.25) is 9.89 Å². The van der Waals surface area contributed by atoms with Gasteiger partial charge >= 0.3 is 0 Å². The second-order valence-corrected chi connectivity index (χ2v) is 7.17. The van der Waals surface area contributed by atoms with E-state index in [0.717, 1.165) is 17.8 Å². The van der Waals surface area contributed by atoms with E-state index in [1.165, 1.54) is 22.7 Å². The van der Waals surface area contributed by atoms with Crippen LogP contribution < -0.4 is 10.3 Å². The monoisotopic (exact) mass is 350 g/mol. The molecule has 0 aliphatic carbocycles. The number of benzene rings is 1. The maximum absolute atomic E-state index is 13.2. The van der Waals surface area contributed by atoms with Crippen LogP contribution in [-0.4, -0.2) is 23.0 Å². The van der Waals surface area contributed by atoms with Crippen molar-refractivity contribution in [3.8, 4) is 0 Å². The molecule has 0 spiro atoms. The molecule has 2 aromatic heterocycles. The number of H-pyrrole nitrogens is 1. The Balaban J connectivity index is 1.94. The number of halogens is 1. The first-order valence-corrected chi connectivity index (χ1v) is 8.62. The number of fused-ring (bicyclic) bond motifs is 1. The molecule has 2 N–H and O–H groups in total. The molecule has 1 aromatic carbocycles. The van der Waals surface area contributed by atoms with Crippen molar-refractivity contribution in [2.24, 2.45) is 0 Å². The lowest BCUT2D eigenvalue weighted by molar-refractivity contribution is 0.561. The Morgan fingerprint density at radius 1 is 1.29 bits per heavy atom. The van der Waals surface area contributed by atoms with Crippen molar-refractivity contribution in [2.75, 3.05) is 0 Å². The third-order valence-corrected chi connectivity index (χ3v) is 5.02. The summed E-state index contributed by atoms with van der Waals surface area (Å²) < 4.78 is 41.6. The van der Waals surface area contributed by atoms with Crippen LogP contribution >= 0.6 is 0 Å². The van der Waals surface area contributed by atoms with E-state index in [0.29, 0.717) is 5.65 Å². The zero-order valence-electron chi connectivity index (χ0n) is 12.9. The summed E-state index contributed by atoms with van der Waals surface area (Å²) in [5.74, 6) is -0.647. The molecule has 0 radical (unpaired) electrons. The summed E-state index contributed by atoms with van der Waals surface area (Å²) in [6.45, 7) is 3.35. The molecule has 0 amide bonds. The third-order valence-electron chi connectivity index (χ3n) is 3.48. The summed E-state index contributed by atoms with van der Waals surface area (Å²) in [5, 5.41) is 2.83.